The first-order valence-electron chi connectivity index (χ1n) is 6.20. The topological polar surface area (TPSA) is 42.9 Å². The van der Waals surface area contributed by atoms with Crippen molar-refractivity contribution in [2.75, 3.05) is 6.61 Å². The number of hydrogen-bond acceptors (Lipinski definition) is 2. The first-order valence-corrected chi connectivity index (χ1v) is 6.20. The van der Waals surface area contributed by atoms with Crippen molar-refractivity contribution in [3.63, 3.8) is 0 Å². The molecule has 0 aliphatic rings. The van der Waals surface area contributed by atoms with Gasteiger partial charge < -0.3 is 22.5 Å². The van der Waals surface area contributed by atoms with Gasteiger partial charge in [0.15, 0.2) is 0 Å². The number of halogens is 1. The quantitative estimate of drug-likeness (QED) is 0.647. The fourth-order valence-electron chi connectivity index (χ4n) is 1.69. The van der Waals surface area contributed by atoms with Crippen molar-refractivity contribution in [1.82, 2.24) is 0 Å². The second-order valence-electron chi connectivity index (χ2n) is 4.57. The van der Waals surface area contributed by atoms with E-state index in [4.69, 9.17) is 4.74 Å². The van der Waals surface area contributed by atoms with E-state index in [0.29, 0.717) is 24.3 Å². The van der Waals surface area contributed by atoms with E-state index in [-0.39, 0.29) is 18.4 Å². The Labute approximate surface area is 115 Å². The van der Waals surface area contributed by atoms with Gasteiger partial charge in [0, 0.05) is 0 Å². The van der Waals surface area contributed by atoms with Gasteiger partial charge in [0.2, 0.25) is 0 Å². The van der Waals surface area contributed by atoms with Crippen molar-refractivity contribution < 1.29 is 27.3 Å². The molecule has 1 atom stereocenters. The van der Waals surface area contributed by atoms with Crippen LogP contribution in [0.2, 0.25) is 0 Å². The minimum Gasteiger partial charge on any atom is -1.00 e. The highest BCUT2D eigenvalue weighted by molar-refractivity contribution is 5.89. The lowest BCUT2D eigenvalue weighted by molar-refractivity contribution is -0.716. The summed E-state index contributed by atoms with van der Waals surface area (Å²) in [6.07, 6.45) is 1.00. The predicted octanol–water partition coefficient (Wildman–Crippen LogP) is -1.40. The Balaban J connectivity index is 0.00000289. The van der Waals surface area contributed by atoms with Crippen LogP contribution >= 0.6 is 0 Å². The van der Waals surface area contributed by atoms with Crippen LogP contribution in [0.4, 0.5) is 0 Å². The second-order valence-corrected chi connectivity index (χ2v) is 4.57. The Kier molecular flexibility index (Phi) is 8.42. The summed E-state index contributed by atoms with van der Waals surface area (Å²) < 4.78 is 5.31. The van der Waals surface area contributed by atoms with Gasteiger partial charge in [-0.2, -0.15) is 0 Å². The van der Waals surface area contributed by atoms with Gasteiger partial charge in [-0.25, -0.2) is 4.79 Å². The number of esters is 1. The molecule has 1 unspecified atom stereocenters. The van der Waals surface area contributed by atoms with Crippen molar-refractivity contribution in [2.45, 2.75) is 39.3 Å². The number of nitrogens with two attached hydrogens (primary N) is 1. The molecule has 0 fully saturated rings. The lowest BCUT2D eigenvalue weighted by atomic mass is 10.2. The molecule has 0 heterocycles. The highest BCUT2D eigenvalue weighted by Crippen LogP contribution is 2.01. The van der Waals surface area contributed by atoms with Crippen molar-refractivity contribution >= 4 is 5.97 Å². The molecule has 1 aromatic carbocycles. The smallest absolute Gasteiger partial charge is 0.338 e. The molecule has 0 saturated heterocycles. The zero-order valence-electron chi connectivity index (χ0n) is 11.2. The minimum absolute atomic E-state index is 0. The van der Waals surface area contributed by atoms with Gasteiger partial charge in [-0.1, -0.05) is 25.1 Å². The monoisotopic (exact) mass is 271 g/mol. The van der Waals surface area contributed by atoms with Gasteiger partial charge in [0.25, 0.3) is 0 Å². The maximum atomic E-state index is 11.7. The molecular weight excluding hydrogens is 250 g/mol. The minimum atomic E-state index is -0.235. The van der Waals surface area contributed by atoms with Crippen molar-refractivity contribution in [3.05, 3.63) is 35.9 Å². The van der Waals surface area contributed by atoms with E-state index in [2.05, 4.69) is 26.1 Å². The average molecular weight is 272 g/mol. The molecule has 18 heavy (non-hydrogen) atoms. The number of ether oxygens (including phenoxy) is 1. The molecule has 1 rings (SSSR count). The molecule has 1 aromatic rings. The fraction of sp³-hybridized carbons (Fsp3) is 0.500. The lowest BCUT2D eigenvalue weighted by Crippen LogP contribution is -3.00. The SMILES string of the molecule is CCC(COC(=O)c1ccccc1)[NH2+]C(C)C.[Cl-]. The van der Waals surface area contributed by atoms with Gasteiger partial charge in [0.1, 0.15) is 12.6 Å². The molecule has 0 radical (unpaired) electrons. The van der Waals surface area contributed by atoms with E-state index in [9.17, 15) is 4.79 Å². The Morgan fingerprint density at radius 1 is 1.28 bits per heavy atom. The molecule has 0 aliphatic carbocycles. The number of rotatable bonds is 6. The number of quaternary nitrogens is 1. The zero-order chi connectivity index (χ0) is 12.7. The van der Waals surface area contributed by atoms with E-state index in [1.54, 1.807) is 12.1 Å². The van der Waals surface area contributed by atoms with Crippen LogP contribution in [-0.2, 0) is 4.74 Å². The molecule has 0 aliphatic heterocycles. The second kappa shape index (κ2) is 8.95. The molecule has 0 saturated carbocycles. The summed E-state index contributed by atoms with van der Waals surface area (Å²) in [7, 11) is 0. The first kappa shape index (κ1) is 16.9. The van der Waals surface area contributed by atoms with E-state index >= 15 is 0 Å². The average Bonchev–Trinajstić information content (AvgIpc) is 2.34. The largest absolute Gasteiger partial charge is 1.00 e. The van der Waals surface area contributed by atoms with Gasteiger partial charge in [-0.15, -0.1) is 0 Å². The number of benzene rings is 1. The van der Waals surface area contributed by atoms with E-state index in [1.807, 2.05) is 18.2 Å². The van der Waals surface area contributed by atoms with E-state index in [0.717, 1.165) is 6.42 Å². The Bertz CT molecular complexity index is 341. The molecule has 4 heteroatoms. The third kappa shape index (κ3) is 6.03. The fourth-order valence-corrected chi connectivity index (χ4v) is 1.69. The third-order valence-corrected chi connectivity index (χ3v) is 2.62. The lowest BCUT2D eigenvalue weighted by Gasteiger charge is -2.16. The number of carbonyl (C=O) groups excluding carboxylic acids is 1. The summed E-state index contributed by atoms with van der Waals surface area (Å²) in [5, 5.41) is 2.23. The highest BCUT2D eigenvalue weighted by atomic mass is 35.5. The van der Waals surface area contributed by atoms with Crippen LogP contribution in [0.25, 0.3) is 0 Å². The van der Waals surface area contributed by atoms with Crippen LogP contribution in [0, 0.1) is 0 Å². The van der Waals surface area contributed by atoms with Crippen LogP contribution in [0.15, 0.2) is 30.3 Å². The molecule has 0 spiro atoms. The maximum Gasteiger partial charge on any atom is 0.338 e. The summed E-state index contributed by atoms with van der Waals surface area (Å²) >= 11 is 0. The van der Waals surface area contributed by atoms with Gasteiger partial charge in [-0.3, -0.25) is 0 Å². The molecular formula is C14H22ClNO2. The molecule has 2 N–H and O–H groups in total. The van der Waals surface area contributed by atoms with E-state index in [1.165, 1.54) is 0 Å². The summed E-state index contributed by atoms with van der Waals surface area (Å²) in [4.78, 5) is 11.7. The molecule has 0 aromatic heterocycles. The Hall–Kier alpha value is -1.06. The van der Waals surface area contributed by atoms with Gasteiger partial charge in [-0.05, 0) is 32.4 Å². The Morgan fingerprint density at radius 2 is 1.89 bits per heavy atom. The maximum absolute atomic E-state index is 11.7. The van der Waals surface area contributed by atoms with Crippen LogP contribution in [0.3, 0.4) is 0 Å². The van der Waals surface area contributed by atoms with Crippen LogP contribution in [-0.4, -0.2) is 24.7 Å². The summed E-state index contributed by atoms with van der Waals surface area (Å²) in [6, 6.07) is 9.99. The van der Waals surface area contributed by atoms with Gasteiger partial charge >= 0.3 is 5.97 Å². The van der Waals surface area contributed by atoms with Crippen molar-refractivity contribution in [1.29, 1.82) is 0 Å². The first-order chi connectivity index (χ1) is 8.13. The van der Waals surface area contributed by atoms with Crippen molar-refractivity contribution in [2.24, 2.45) is 0 Å². The van der Waals surface area contributed by atoms with Crippen LogP contribution in [0.1, 0.15) is 37.6 Å². The normalized spacial score (nSPS) is 11.8. The standard InChI is InChI=1S/C14H21NO2.ClH/c1-4-13(15-11(2)3)10-17-14(16)12-8-6-5-7-9-12;/h5-9,11,13,15H,4,10H2,1-3H3;1H. The number of carbonyl (C=O) groups is 1. The molecule has 3 nitrogen and oxygen atoms in total. The van der Waals surface area contributed by atoms with Crippen molar-refractivity contribution in [3.8, 4) is 0 Å². The molecule has 0 bridgehead atoms. The molecule has 0 amide bonds. The Morgan fingerprint density at radius 3 is 2.39 bits per heavy atom. The van der Waals surface area contributed by atoms with Crippen LogP contribution in [0.5, 0.6) is 0 Å². The van der Waals surface area contributed by atoms with Gasteiger partial charge in [0.05, 0.1) is 11.6 Å². The molecule has 102 valence electrons. The highest BCUT2D eigenvalue weighted by Gasteiger charge is 2.14. The summed E-state index contributed by atoms with van der Waals surface area (Å²) in [6.45, 7) is 6.87. The number of hydrogen-bond donors (Lipinski definition) is 1. The zero-order valence-corrected chi connectivity index (χ0v) is 12.0. The third-order valence-electron chi connectivity index (χ3n) is 2.62. The summed E-state index contributed by atoms with van der Waals surface area (Å²) in [5.74, 6) is -0.235. The summed E-state index contributed by atoms with van der Waals surface area (Å²) in [5.41, 5.74) is 0.618. The van der Waals surface area contributed by atoms with E-state index < -0.39 is 0 Å². The predicted molar refractivity (Wildman–Crippen MR) is 67.9 cm³/mol. The van der Waals surface area contributed by atoms with Crippen LogP contribution < -0.4 is 17.7 Å².